The summed E-state index contributed by atoms with van der Waals surface area (Å²) in [4.78, 5) is 26.1. The van der Waals surface area contributed by atoms with Crippen LogP contribution in [0.25, 0.3) is 0 Å². The lowest BCUT2D eigenvalue weighted by atomic mass is 10.2. The van der Waals surface area contributed by atoms with E-state index in [0.29, 0.717) is 24.4 Å². The van der Waals surface area contributed by atoms with Gasteiger partial charge in [0.15, 0.2) is 0 Å². The predicted molar refractivity (Wildman–Crippen MR) is 98.6 cm³/mol. The van der Waals surface area contributed by atoms with Crippen molar-refractivity contribution in [2.24, 2.45) is 5.73 Å². The Balaban J connectivity index is 0.00000264. The van der Waals surface area contributed by atoms with E-state index in [-0.39, 0.29) is 24.2 Å². The number of benzene rings is 1. The molecule has 1 unspecified atom stereocenters. The third-order valence-corrected chi connectivity index (χ3v) is 4.49. The maximum atomic E-state index is 12.4. The molecule has 1 aromatic rings. The molecule has 2 atom stereocenters. The van der Waals surface area contributed by atoms with Gasteiger partial charge in [-0.05, 0) is 43.0 Å². The van der Waals surface area contributed by atoms with E-state index in [0.717, 1.165) is 11.4 Å². The fourth-order valence-corrected chi connectivity index (χ4v) is 3.04. The maximum absolute atomic E-state index is 12.4. The van der Waals surface area contributed by atoms with Crippen molar-refractivity contribution in [3.63, 3.8) is 0 Å². The summed E-state index contributed by atoms with van der Waals surface area (Å²) in [5, 5.41) is 3.33. The van der Waals surface area contributed by atoms with Gasteiger partial charge in [-0.1, -0.05) is 17.7 Å². The fraction of sp³-hybridized carbons (Fsp3) is 0.467. The van der Waals surface area contributed by atoms with E-state index in [1.54, 1.807) is 34.9 Å². The monoisotopic (exact) mass is 377 g/mol. The summed E-state index contributed by atoms with van der Waals surface area (Å²) in [6, 6.07) is 6.06. The minimum Gasteiger partial charge on any atom is -0.343 e. The van der Waals surface area contributed by atoms with Crippen LogP contribution < -0.4 is 16.0 Å². The molecule has 1 aliphatic rings. The van der Waals surface area contributed by atoms with Crippen molar-refractivity contribution in [3.05, 3.63) is 29.3 Å². The van der Waals surface area contributed by atoms with Crippen molar-refractivity contribution in [3.8, 4) is 0 Å². The first-order chi connectivity index (χ1) is 10.5. The molecule has 1 fully saturated rings. The zero-order valence-electron chi connectivity index (χ0n) is 12.8. The predicted octanol–water partition coefficient (Wildman–Crippen LogP) is 2.06. The molecule has 1 aliphatic heterocycles. The molecular weight excluding hydrogens is 357 g/mol. The minimum atomic E-state index is -0.569. The van der Waals surface area contributed by atoms with Crippen LogP contribution in [0, 0.1) is 0 Å². The molecule has 0 saturated carbocycles. The van der Waals surface area contributed by atoms with Gasteiger partial charge < -0.3 is 16.0 Å². The molecule has 0 bridgehead atoms. The highest BCUT2D eigenvalue weighted by Crippen LogP contribution is 2.24. The summed E-state index contributed by atoms with van der Waals surface area (Å²) in [6.07, 6.45) is 3.15. The Morgan fingerprint density at radius 3 is 2.96 bits per heavy atom. The van der Waals surface area contributed by atoms with Crippen molar-refractivity contribution in [2.75, 3.05) is 23.5 Å². The van der Waals surface area contributed by atoms with Gasteiger partial charge in [0.2, 0.25) is 11.8 Å². The van der Waals surface area contributed by atoms with Gasteiger partial charge in [0.1, 0.15) is 6.04 Å². The lowest BCUT2D eigenvalue weighted by Crippen LogP contribution is -2.48. The molecule has 128 valence electrons. The summed E-state index contributed by atoms with van der Waals surface area (Å²) >= 11 is 7.60. The summed E-state index contributed by atoms with van der Waals surface area (Å²) in [5.74, 6) is 0.440. The number of nitrogens with one attached hydrogen (secondary N) is 1. The first kappa shape index (κ1) is 20.1. The van der Waals surface area contributed by atoms with Crippen LogP contribution in [0.15, 0.2) is 24.3 Å². The van der Waals surface area contributed by atoms with Gasteiger partial charge in [-0.15, -0.1) is 12.4 Å². The number of carbonyl (C=O) groups excluding carboxylic acids is 2. The Morgan fingerprint density at radius 2 is 2.30 bits per heavy atom. The Kier molecular flexibility index (Phi) is 8.19. The van der Waals surface area contributed by atoms with Crippen molar-refractivity contribution < 1.29 is 9.59 Å². The highest BCUT2D eigenvalue weighted by molar-refractivity contribution is 7.98. The van der Waals surface area contributed by atoms with Crippen LogP contribution in [0.2, 0.25) is 5.02 Å². The van der Waals surface area contributed by atoms with Crippen LogP contribution >= 0.6 is 35.8 Å². The summed E-state index contributed by atoms with van der Waals surface area (Å²) < 4.78 is 0. The summed E-state index contributed by atoms with van der Waals surface area (Å²) in [7, 11) is 0. The Labute approximate surface area is 151 Å². The molecule has 0 aromatic heterocycles. The summed E-state index contributed by atoms with van der Waals surface area (Å²) in [6.45, 7) is 0.560. The Bertz CT molecular complexity index is 559. The Hall–Kier alpha value is -0.950. The Morgan fingerprint density at radius 1 is 1.57 bits per heavy atom. The van der Waals surface area contributed by atoms with Crippen LogP contribution in [0.4, 0.5) is 5.69 Å². The van der Waals surface area contributed by atoms with E-state index in [2.05, 4.69) is 5.32 Å². The van der Waals surface area contributed by atoms with Crippen LogP contribution in [-0.4, -0.2) is 42.5 Å². The third-order valence-electron chi connectivity index (χ3n) is 3.61. The molecule has 0 aliphatic carbocycles. The SMILES string of the molecule is CSCC[C@H](N)C(=O)NC1CCN(c2cccc(Cl)c2)C1=O.Cl. The molecule has 5 nitrogen and oxygen atoms in total. The molecule has 3 N–H and O–H groups in total. The topological polar surface area (TPSA) is 75.4 Å². The molecule has 0 radical (unpaired) electrons. The van der Waals surface area contributed by atoms with E-state index in [4.69, 9.17) is 17.3 Å². The van der Waals surface area contributed by atoms with Crippen molar-refractivity contribution >= 4 is 53.3 Å². The van der Waals surface area contributed by atoms with Crippen LogP contribution in [0.3, 0.4) is 0 Å². The largest absolute Gasteiger partial charge is 0.343 e. The van der Waals surface area contributed by atoms with Gasteiger partial charge in [-0.3, -0.25) is 9.59 Å². The average molecular weight is 378 g/mol. The molecular formula is C15H21Cl2N3O2S. The van der Waals surface area contributed by atoms with Crippen LogP contribution in [0.1, 0.15) is 12.8 Å². The number of hydrogen-bond acceptors (Lipinski definition) is 4. The standard InChI is InChI=1S/C15H20ClN3O2S.ClH/c1-22-8-6-12(17)14(20)18-13-5-7-19(15(13)21)11-4-2-3-10(16)9-11;/h2-4,9,12-13H,5-8,17H2,1H3,(H,18,20);1H/t12-,13?;/m0./s1. The van der Waals surface area contributed by atoms with Crippen LogP contribution in [0.5, 0.6) is 0 Å². The molecule has 23 heavy (non-hydrogen) atoms. The lowest BCUT2D eigenvalue weighted by molar-refractivity contribution is -0.127. The second-order valence-electron chi connectivity index (χ2n) is 5.21. The van der Waals surface area contributed by atoms with Gasteiger partial charge in [-0.25, -0.2) is 0 Å². The zero-order chi connectivity index (χ0) is 16.1. The second kappa shape index (κ2) is 9.37. The number of nitrogens with zero attached hydrogens (tertiary/aromatic N) is 1. The highest BCUT2D eigenvalue weighted by atomic mass is 35.5. The van der Waals surface area contributed by atoms with Crippen LogP contribution in [-0.2, 0) is 9.59 Å². The zero-order valence-corrected chi connectivity index (χ0v) is 15.2. The number of thioether (sulfide) groups is 1. The van der Waals surface area contributed by atoms with Gasteiger partial charge >= 0.3 is 0 Å². The van der Waals surface area contributed by atoms with Crippen molar-refractivity contribution in [1.29, 1.82) is 0 Å². The maximum Gasteiger partial charge on any atom is 0.249 e. The van der Waals surface area contributed by atoms with Gasteiger partial charge in [0, 0.05) is 17.3 Å². The van der Waals surface area contributed by atoms with E-state index in [9.17, 15) is 9.59 Å². The van der Waals surface area contributed by atoms with E-state index in [1.165, 1.54) is 0 Å². The number of rotatable bonds is 6. The second-order valence-corrected chi connectivity index (χ2v) is 6.63. The summed E-state index contributed by atoms with van der Waals surface area (Å²) in [5.41, 5.74) is 6.58. The first-order valence-electron chi connectivity index (χ1n) is 7.14. The normalized spacial score (nSPS) is 18.5. The minimum absolute atomic E-state index is 0. The van der Waals surface area contributed by atoms with Crippen molar-refractivity contribution in [1.82, 2.24) is 5.32 Å². The fourth-order valence-electron chi connectivity index (χ4n) is 2.37. The smallest absolute Gasteiger partial charge is 0.249 e. The number of hydrogen-bond donors (Lipinski definition) is 2. The van der Waals surface area contributed by atoms with E-state index >= 15 is 0 Å². The molecule has 1 saturated heterocycles. The molecule has 1 aromatic carbocycles. The number of anilines is 1. The molecule has 8 heteroatoms. The lowest BCUT2D eigenvalue weighted by Gasteiger charge is -2.18. The first-order valence-corrected chi connectivity index (χ1v) is 8.92. The molecule has 0 spiro atoms. The quantitative estimate of drug-likeness (QED) is 0.795. The number of nitrogens with two attached hydrogens (primary N) is 1. The van der Waals surface area contributed by atoms with Gasteiger partial charge in [0.25, 0.3) is 0 Å². The molecule has 2 amide bonds. The van der Waals surface area contributed by atoms with Gasteiger partial charge in [-0.2, -0.15) is 11.8 Å². The van der Waals surface area contributed by atoms with Crippen molar-refractivity contribution in [2.45, 2.75) is 24.9 Å². The molecule has 2 rings (SSSR count). The highest BCUT2D eigenvalue weighted by Gasteiger charge is 2.34. The third kappa shape index (κ3) is 5.28. The van der Waals surface area contributed by atoms with Gasteiger partial charge in [0.05, 0.1) is 6.04 Å². The molecule has 1 heterocycles. The van der Waals surface area contributed by atoms with E-state index in [1.807, 2.05) is 12.3 Å². The number of halogens is 2. The number of amides is 2. The van der Waals surface area contributed by atoms with E-state index < -0.39 is 12.1 Å². The average Bonchev–Trinajstić information content (AvgIpc) is 2.86. The number of carbonyl (C=O) groups is 2.